The van der Waals surface area contributed by atoms with Crippen molar-refractivity contribution in [3.05, 3.63) is 100 Å². The molecule has 0 radical (unpaired) electrons. The number of nitrogens with zero attached hydrogens (tertiary/aromatic N) is 1. The molecular formula is C23H21FN2O3. The molecule has 0 fully saturated rings. The summed E-state index contributed by atoms with van der Waals surface area (Å²) in [5.41, 5.74) is 9.59. The number of para-hydroxylation sites is 1. The third-order valence-corrected chi connectivity index (χ3v) is 4.35. The van der Waals surface area contributed by atoms with Crippen molar-refractivity contribution in [1.82, 2.24) is 0 Å². The number of oxime groups is 1. The van der Waals surface area contributed by atoms with Crippen LogP contribution in [0.5, 0.6) is 5.75 Å². The molecule has 0 spiro atoms. The van der Waals surface area contributed by atoms with Crippen molar-refractivity contribution in [2.75, 3.05) is 0 Å². The Morgan fingerprint density at radius 1 is 0.931 bits per heavy atom. The second-order valence-electron chi connectivity index (χ2n) is 6.57. The van der Waals surface area contributed by atoms with Crippen LogP contribution in [0, 0.1) is 19.7 Å². The fourth-order valence-corrected chi connectivity index (χ4v) is 2.74. The molecule has 0 atom stereocenters. The van der Waals surface area contributed by atoms with Gasteiger partial charge in [-0.25, -0.2) is 9.18 Å². The Balaban J connectivity index is 1.60. The number of aryl methyl sites for hydroxylation is 2. The van der Waals surface area contributed by atoms with E-state index in [4.69, 9.17) is 15.3 Å². The molecular weight excluding hydrogens is 371 g/mol. The number of halogens is 1. The summed E-state index contributed by atoms with van der Waals surface area (Å²) in [6, 6.07) is 18.2. The lowest BCUT2D eigenvalue weighted by Crippen LogP contribution is -2.15. The van der Waals surface area contributed by atoms with Crippen molar-refractivity contribution in [3.8, 4) is 5.75 Å². The zero-order valence-electron chi connectivity index (χ0n) is 16.2. The van der Waals surface area contributed by atoms with E-state index in [0.29, 0.717) is 17.7 Å². The van der Waals surface area contributed by atoms with Gasteiger partial charge in [-0.05, 0) is 66.9 Å². The quantitative estimate of drug-likeness (QED) is 0.290. The molecule has 0 aliphatic heterocycles. The van der Waals surface area contributed by atoms with Gasteiger partial charge in [0.1, 0.15) is 18.2 Å². The SMILES string of the molecule is Cc1cccc(C)c1OCc1ccc(C(=O)O/N=C(\N)c2ccc(F)cc2)cc1. The van der Waals surface area contributed by atoms with Gasteiger partial charge in [0.05, 0.1) is 5.56 Å². The first-order valence-corrected chi connectivity index (χ1v) is 9.03. The number of ether oxygens (including phenoxy) is 1. The van der Waals surface area contributed by atoms with Crippen LogP contribution in [0.2, 0.25) is 0 Å². The Morgan fingerprint density at radius 3 is 2.14 bits per heavy atom. The van der Waals surface area contributed by atoms with E-state index in [9.17, 15) is 9.18 Å². The summed E-state index contributed by atoms with van der Waals surface area (Å²) < 4.78 is 18.8. The lowest BCUT2D eigenvalue weighted by Gasteiger charge is -2.12. The zero-order chi connectivity index (χ0) is 20.8. The van der Waals surface area contributed by atoms with Gasteiger partial charge in [0.2, 0.25) is 0 Å². The number of carbonyl (C=O) groups excluding carboxylic acids is 1. The average Bonchev–Trinajstić information content (AvgIpc) is 2.72. The average molecular weight is 392 g/mol. The summed E-state index contributed by atoms with van der Waals surface area (Å²) in [4.78, 5) is 17.0. The van der Waals surface area contributed by atoms with E-state index >= 15 is 0 Å². The maximum absolute atomic E-state index is 12.9. The molecule has 6 heteroatoms. The Kier molecular flexibility index (Phi) is 6.24. The first-order chi connectivity index (χ1) is 13.9. The molecule has 3 aromatic carbocycles. The van der Waals surface area contributed by atoms with Crippen molar-refractivity contribution in [1.29, 1.82) is 0 Å². The smallest absolute Gasteiger partial charge is 0.365 e. The van der Waals surface area contributed by atoms with Crippen molar-refractivity contribution in [2.24, 2.45) is 10.9 Å². The Hall–Kier alpha value is -3.67. The summed E-state index contributed by atoms with van der Waals surface area (Å²) in [7, 11) is 0. The number of hydrogen-bond acceptors (Lipinski definition) is 4. The number of benzene rings is 3. The standard InChI is InChI=1S/C23H21FN2O3/c1-15-4-3-5-16(2)21(15)28-14-17-6-8-19(9-7-17)23(27)29-26-22(25)18-10-12-20(24)13-11-18/h3-13H,14H2,1-2H3,(H2,25,26). The Morgan fingerprint density at radius 2 is 1.52 bits per heavy atom. The lowest BCUT2D eigenvalue weighted by molar-refractivity contribution is 0.0516. The van der Waals surface area contributed by atoms with Gasteiger partial charge in [0.15, 0.2) is 5.84 Å². The van der Waals surface area contributed by atoms with Crippen molar-refractivity contribution in [2.45, 2.75) is 20.5 Å². The molecule has 3 rings (SSSR count). The minimum Gasteiger partial charge on any atom is -0.488 e. The van der Waals surface area contributed by atoms with Crippen molar-refractivity contribution < 1.29 is 18.8 Å². The number of carbonyl (C=O) groups is 1. The van der Waals surface area contributed by atoms with Crippen LogP contribution < -0.4 is 10.5 Å². The summed E-state index contributed by atoms with van der Waals surface area (Å²) in [6.45, 7) is 4.38. The van der Waals surface area contributed by atoms with Crippen molar-refractivity contribution in [3.63, 3.8) is 0 Å². The fourth-order valence-electron chi connectivity index (χ4n) is 2.74. The highest BCUT2D eigenvalue weighted by molar-refractivity contribution is 5.98. The first-order valence-electron chi connectivity index (χ1n) is 9.03. The van der Waals surface area contributed by atoms with Gasteiger partial charge >= 0.3 is 5.97 Å². The van der Waals surface area contributed by atoms with Crippen LogP contribution in [0.15, 0.2) is 71.9 Å². The third kappa shape index (κ3) is 5.19. The van der Waals surface area contributed by atoms with Gasteiger partial charge in [-0.15, -0.1) is 0 Å². The predicted octanol–water partition coefficient (Wildman–Crippen LogP) is 4.50. The van der Waals surface area contributed by atoms with Crippen LogP contribution in [0.1, 0.15) is 32.6 Å². The van der Waals surface area contributed by atoms with Gasteiger partial charge in [-0.2, -0.15) is 0 Å². The number of amidine groups is 1. The number of hydrogen-bond donors (Lipinski definition) is 1. The number of rotatable bonds is 6. The van der Waals surface area contributed by atoms with E-state index < -0.39 is 5.97 Å². The lowest BCUT2D eigenvalue weighted by atomic mass is 10.1. The third-order valence-electron chi connectivity index (χ3n) is 4.35. The second kappa shape index (κ2) is 9.01. The van der Waals surface area contributed by atoms with E-state index in [1.807, 2.05) is 32.0 Å². The zero-order valence-corrected chi connectivity index (χ0v) is 16.2. The van der Waals surface area contributed by atoms with E-state index in [-0.39, 0.29) is 11.7 Å². The van der Waals surface area contributed by atoms with Gasteiger partial charge in [-0.3, -0.25) is 0 Å². The van der Waals surface area contributed by atoms with Crippen LogP contribution >= 0.6 is 0 Å². The monoisotopic (exact) mass is 392 g/mol. The van der Waals surface area contributed by atoms with E-state index in [2.05, 4.69) is 5.16 Å². The summed E-state index contributed by atoms with van der Waals surface area (Å²) in [6.07, 6.45) is 0. The van der Waals surface area contributed by atoms with Crippen LogP contribution in [0.3, 0.4) is 0 Å². The van der Waals surface area contributed by atoms with E-state index in [0.717, 1.165) is 22.4 Å². The molecule has 5 nitrogen and oxygen atoms in total. The highest BCUT2D eigenvalue weighted by Gasteiger charge is 2.09. The minimum absolute atomic E-state index is 0.0167. The normalized spacial score (nSPS) is 11.2. The Labute approximate surface area is 168 Å². The molecule has 0 aromatic heterocycles. The molecule has 0 aliphatic carbocycles. The second-order valence-corrected chi connectivity index (χ2v) is 6.57. The largest absolute Gasteiger partial charge is 0.488 e. The molecule has 0 amide bonds. The summed E-state index contributed by atoms with van der Waals surface area (Å²) in [5, 5.41) is 3.62. The van der Waals surface area contributed by atoms with Gasteiger partial charge in [-0.1, -0.05) is 35.5 Å². The predicted molar refractivity (Wildman–Crippen MR) is 109 cm³/mol. The van der Waals surface area contributed by atoms with E-state index in [1.165, 1.54) is 24.3 Å². The fraction of sp³-hybridized carbons (Fsp3) is 0.130. The maximum atomic E-state index is 12.9. The van der Waals surface area contributed by atoms with Gasteiger partial charge in [0, 0.05) is 5.56 Å². The molecule has 0 saturated carbocycles. The van der Waals surface area contributed by atoms with Crippen LogP contribution in [-0.2, 0) is 11.4 Å². The van der Waals surface area contributed by atoms with Crippen LogP contribution in [0.25, 0.3) is 0 Å². The van der Waals surface area contributed by atoms with Crippen LogP contribution in [-0.4, -0.2) is 11.8 Å². The van der Waals surface area contributed by atoms with Gasteiger partial charge < -0.3 is 15.3 Å². The molecule has 0 heterocycles. The molecule has 29 heavy (non-hydrogen) atoms. The minimum atomic E-state index is -0.641. The van der Waals surface area contributed by atoms with Crippen molar-refractivity contribution >= 4 is 11.8 Å². The highest BCUT2D eigenvalue weighted by Crippen LogP contribution is 2.23. The summed E-state index contributed by atoms with van der Waals surface area (Å²) in [5.74, 6) is -0.184. The molecule has 0 bridgehead atoms. The first kappa shape index (κ1) is 20.1. The molecule has 2 N–H and O–H groups in total. The topological polar surface area (TPSA) is 73.9 Å². The summed E-state index contributed by atoms with van der Waals surface area (Å²) >= 11 is 0. The van der Waals surface area contributed by atoms with E-state index in [1.54, 1.807) is 24.3 Å². The molecule has 3 aromatic rings. The highest BCUT2D eigenvalue weighted by atomic mass is 19.1. The molecule has 0 unspecified atom stereocenters. The van der Waals surface area contributed by atoms with Crippen LogP contribution in [0.4, 0.5) is 4.39 Å². The molecule has 148 valence electrons. The maximum Gasteiger partial charge on any atom is 0.365 e. The molecule has 0 saturated heterocycles. The van der Waals surface area contributed by atoms with Gasteiger partial charge in [0.25, 0.3) is 0 Å². The molecule has 0 aliphatic rings. The Bertz CT molecular complexity index is 1010. The number of nitrogens with two attached hydrogens (primary N) is 1.